The fourth-order valence-electron chi connectivity index (χ4n) is 1.26. The molecule has 0 bridgehead atoms. The molecule has 88 valence electrons. The number of nitrogens with one attached hydrogen (secondary N) is 1. The molecule has 0 saturated heterocycles. The number of carbonyl (C=O) groups is 1. The molecule has 1 unspecified atom stereocenters. The highest BCUT2D eigenvalue weighted by Gasteiger charge is 2.11. The summed E-state index contributed by atoms with van der Waals surface area (Å²) in [6.07, 6.45) is 3.06. The Labute approximate surface area is 101 Å². The SMILES string of the molecule is NC(CCS)C(=O)NCCc1ccccn1. The van der Waals surface area contributed by atoms with Crippen LogP contribution in [-0.4, -0.2) is 29.2 Å². The van der Waals surface area contributed by atoms with Crippen LogP contribution in [0, 0.1) is 0 Å². The predicted octanol–water partition coefficient (Wildman–Crippen LogP) is 0.387. The maximum absolute atomic E-state index is 11.4. The summed E-state index contributed by atoms with van der Waals surface area (Å²) < 4.78 is 0. The van der Waals surface area contributed by atoms with E-state index in [1.807, 2.05) is 18.2 Å². The van der Waals surface area contributed by atoms with E-state index in [4.69, 9.17) is 5.73 Å². The first-order chi connectivity index (χ1) is 7.74. The highest BCUT2D eigenvalue weighted by atomic mass is 32.1. The Balaban J connectivity index is 2.23. The molecule has 0 spiro atoms. The number of nitrogens with two attached hydrogens (primary N) is 1. The maximum atomic E-state index is 11.4. The molecule has 1 amide bonds. The molecule has 0 saturated carbocycles. The molecule has 3 N–H and O–H groups in total. The van der Waals surface area contributed by atoms with Gasteiger partial charge in [-0.15, -0.1) is 0 Å². The summed E-state index contributed by atoms with van der Waals surface area (Å²) in [6, 6.07) is 5.27. The normalized spacial score (nSPS) is 12.1. The monoisotopic (exact) mass is 239 g/mol. The lowest BCUT2D eigenvalue weighted by atomic mass is 10.2. The minimum Gasteiger partial charge on any atom is -0.354 e. The van der Waals surface area contributed by atoms with Crippen LogP contribution in [0.4, 0.5) is 0 Å². The number of rotatable bonds is 6. The van der Waals surface area contributed by atoms with Crippen molar-refractivity contribution in [2.75, 3.05) is 12.3 Å². The van der Waals surface area contributed by atoms with Gasteiger partial charge < -0.3 is 11.1 Å². The van der Waals surface area contributed by atoms with Crippen molar-refractivity contribution in [3.63, 3.8) is 0 Å². The van der Waals surface area contributed by atoms with Crippen LogP contribution in [0.25, 0.3) is 0 Å². The van der Waals surface area contributed by atoms with Gasteiger partial charge in [-0.1, -0.05) is 6.07 Å². The second-order valence-corrected chi connectivity index (χ2v) is 3.93. The number of hydrogen-bond donors (Lipinski definition) is 3. The Morgan fingerprint density at radius 3 is 3.00 bits per heavy atom. The zero-order valence-corrected chi connectivity index (χ0v) is 9.99. The van der Waals surface area contributed by atoms with E-state index < -0.39 is 6.04 Å². The van der Waals surface area contributed by atoms with Crippen molar-refractivity contribution in [1.29, 1.82) is 0 Å². The average Bonchev–Trinajstić information content (AvgIpc) is 2.30. The molecule has 0 fully saturated rings. The van der Waals surface area contributed by atoms with Gasteiger partial charge in [0.2, 0.25) is 5.91 Å². The van der Waals surface area contributed by atoms with Crippen molar-refractivity contribution >= 4 is 18.5 Å². The third-order valence-electron chi connectivity index (χ3n) is 2.18. The molecular weight excluding hydrogens is 222 g/mol. The molecule has 1 heterocycles. The van der Waals surface area contributed by atoms with E-state index in [-0.39, 0.29) is 5.91 Å². The topological polar surface area (TPSA) is 68.0 Å². The molecule has 1 rings (SSSR count). The van der Waals surface area contributed by atoms with Gasteiger partial charge in [0.05, 0.1) is 6.04 Å². The second-order valence-electron chi connectivity index (χ2n) is 3.48. The standard InChI is InChI=1S/C11H17N3OS/c12-10(5-8-16)11(15)14-7-4-9-3-1-2-6-13-9/h1-3,6,10,16H,4-5,7-8,12H2,(H,14,15). The third kappa shape index (κ3) is 4.63. The van der Waals surface area contributed by atoms with Crippen molar-refractivity contribution in [3.05, 3.63) is 30.1 Å². The first-order valence-electron chi connectivity index (χ1n) is 5.28. The van der Waals surface area contributed by atoms with Crippen LogP contribution >= 0.6 is 12.6 Å². The Bertz CT molecular complexity index is 318. The zero-order chi connectivity index (χ0) is 11.8. The molecule has 0 aliphatic rings. The zero-order valence-electron chi connectivity index (χ0n) is 9.10. The highest BCUT2D eigenvalue weighted by molar-refractivity contribution is 7.80. The lowest BCUT2D eigenvalue weighted by molar-refractivity contribution is -0.122. The molecule has 0 aromatic carbocycles. The van der Waals surface area contributed by atoms with Crippen molar-refractivity contribution in [1.82, 2.24) is 10.3 Å². The number of nitrogens with zero attached hydrogens (tertiary/aromatic N) is 1. The summed E-state index contributed by atoms with van der Waals surface area (Å²) in [4.78, 5) is 15.6. The van der Waals surface area contributed by atoms with Crippen molar-refractivity contribution in [2.45, 2.75) is 18.9 Å². The summed E-state index contributed by atoms with van der Waals surface area (Å²) >= 11 is 4.03. The average molecular weight is 239 g/mol. The summed E-state index contributed by atoms with van der Waals surface area (Å²) in [6.45, 7) is 0.566. The van der Waals surface area contributed by atoms with Crippen molar-refractivity contribution in [2.24, 2.45) is 5.73 Å². The van der Waals surface area contributed by atoms with E-state index in [0.29, 0.717) is 18.7 Å². The van der Waals surface area contributed by atoms with E-state index in [0.717, 1.165) is 12.1 Å². The Hall–Kier alpha value is -1.07. The first-order valence-corrected chi connectivity index (χ1v) is 5.91. The third-order valence-corrected chi connectivity index (χ3v) is 2.44. The predicted molar refractivity (Wildman–Crippen MR) is 67.4 cm³/mol. The number of amides is 1. The molecule has 1 atom stereocenters. The molecule has 16 heavy (non-hydrogen) atoms. The molecule has 1 aromatic heterocycles. The second kappa shape index (κ2) is 7.24. The number of aromatic nitrogens is 1. The minimum atomic E-state index is -0.457. The molecule has 0 aliphatic heterocycles. The van der Waals surface area contributed by atoms with E-state index in [9.17, 15) is 4.79 Å². The van der Waals surface area contributed by atoms with Crippen LogP contribution in [-0.2, 0) is 11.2 Å². The Morgan fingerprint density at radius 1 is 1.56 bits per heavy atom. The smallest absolute Gasteiger partial charge is 0.236 e. The molecular formula is C11H17N3OS. The van der Waals surface area contributed by atoms with Crippen LogP contribution in [0.15, 0.2) is 24.4 Å². The van der Waals surface area contributed by atoms with Gasteiger partial charge in [0, 0.05) is 24.9 Å². The highest BCUT2D eigenvalue weighted by Crippen LogP contribution is 1.94. The van der Waals surface area contributed by atoms with E-state index in [1.54, 1.807) is 6.20 Å². The van der Waals surface area contributed by atoms with Crippen molar-refractivity contribution < 1.29 is 4.79 Å². The summed E-state index contributed by atoms with van der Waals surface area (Å²) in [7, 11) is 0. The number of carbonyl (C=O) groups excluding carboxylic acids is 1. The summed E-state index contributed by atoms with van der Waals surface area (Å²) in [5.41, 5.74) is 6.59. The fraction of sp³-hybridized carbons (Fsp3) is 0.455. The summed E-state index contributed by atoms with van der Waals surface area (Å²) in [5, 5.41) is 2.78. The lowest BCUT2D eigenvalue weighted by Gasteiger charge is -2.10. The van der Waals surface area contributed by atoms with E-state index in [2.05, 4.69) is 22.9 Å². The Morgan fingerprint density at radius 2 is 2.38 bits per heavy atom. The van der Waals surface area contributed by atoms with Gasteiger partial charge in [0.25, 0.3) is 0 Å². The van der Waals surface area contributed by atoms with Crippen LogP contribution in [0.5, 0.6) is 0 Å². The van der Waals surface area contributed by atoms with Crippen LogP contribution in [0.3, 0.4) is 0 Å². The molecule has 0 radical (unpaired) electrons. The number of hydrogen-bond acceptors (Lipinski definition) is 4. The first kappa shape index (κ1) is 13.0. The van der Waals surface area contributed by atoms with Crippen LogP contribution in [0.2, 0.25) is 0 Å². The quantitative estimate of drug-likeness (QED) is 0.629. The fourth-order valence-corrected chi connectivity index (χ4v) is 1.54. The van der Waals surface area contributed by atoms with Gasteiger partial charge in [-0.25, -0.2) is 0 Å². The number of pyridine rings is 1. The van der Waals surface area contributed by atoms with Gasteiger partial charge in [0.1, 0.15) is 0 Å². The van der Waals surface area contributed by atoms with Gasteiger partial charge in [0.15, 0.2) is 0 Å². The number of thiol groups is 1. The van der Waals surface area contributed by atoms with Gasteiger partial charge in [-0.3, -0.25) is 9.78 Å². The largest absolute Gasteiger partial charge is 0.354 e. The van der Waals surface area contributed by atoms with Crippen LogP contribution < -0.4 is 11.1 Å². The van der Waals surface area contributed by atoms with Crippen LogP contribution in [0.1, 0.15) is 12.1 Å². The van der Waals surface area contributed by atoms with Gasteiger partial charge in [-0.2, -0.15) is 12.6 Å². The van der Waals surface area contributed by atoms with Crippen molar-refractivity contribution in [3.8, 4) is 0 Å². The van der Waals surface area contributed by atoms with E-state index in [1.165, 1.54) is 0 Å². The van der Waals surface area contributed by atoms with Gasteiger partial charge in [-0.05, 0) is 24.3 Å². The minimum absolute atomic E-state index is 0.120. The summed E-state index contributed by atoms with van der Waals surface area (Å²) in [5.74, 6) is 0.499. The van der Waals surface area contributed by atoms with E-state index >= 15 is 0 Å². The Kier molecular flexibility index (Phi) is 5.88. The lowest BCUT2D eigenvalue weighted by Crippen LogP contribution is -2.41. The molecule has 1 aromatic rings. The molecule has 5 heteroatoms. The van der Waals surface area contributed by atoms with Gasteiger partial charge >= 0.3 is 0 Å². The molecule has 0 aliphatic carbocycles. The molecule has 4 nitrogen and oxygen atoms in total. The maximum Gasteiger partial charge on any atom is 0.236 e.